The van der Waals surface area contributed by atoms with Crippen LogP contribution >= 0.6 is 11.3 Å². The molecule has 4 nitrogen and oxygen atoms in total. The molecule has 0 atom stereocenters. The molecule has 0 fully saturated rings. The van der Waals surface area contributed by atoms with Crippen molar-refractivity contribution in [2.75, 3.05) is 23.8 Å². The van der Waals surface area contributed by atoms with Gasteiger partial charge in [0.2, 0.25) is 0 Å². The van der Waals surface area contributed by atoms with Crippen LogP contribution in [0.3, 0.4) is 0 Å². The number of hydrogen-bond donors (Lipinski definition) is 1. The minimum absolute atomic E-state index is 0.820. The maximum atomic E-state index is 4.66. The van der Waals surface area contributed by atoms with E-state index in [0.29, 0.717) is 0 Å². The van der Waals surface area contributed by atoms with Crippen molar-refractivity contribution in [2.45, 2.75) is 13.8 Å². The lowest BCUT2D eigenvalue weighted by Gasteiger charge is -2.11. The van der Waals surface area contributed by atoms with E-state index in [2.05, 4.69) is 64.7 Å². The van der Waals surface area contributed by atoms with Crippen molar-refractivity contribution < 1.29 is 0 Å². The van der Waals surface area contributed by atoms with Gasteiger partial charge in [0.25, 0.3) is 0 Å². The average Bonchev–Trinajstić information content (AvgIpc) is 3.17. The first-order valence-electron chi connectivity index (χ1n) is 8.29. The van der Waals surface area contributed by atoms with Gasteiger partial charge in [-0.1, -0.05) is 30.3 Å². The number of pyridine rings is 1. The van der Waals surface area contributed by atoms with Crippen LogP contribution in [0, 0.1) is 0 Å². The van der Waals surface area contributed by atoms with E-state index in [1.165, 1.54) is 5.56 Å². The Bertz CT molecular complexity index is 838. The predicted molar refractivity (Wildman–Crippen MR) is 108 cm³/mol. The number of nitrogens with zero attached hydrogens (tertiary/aromatic N) is 3. The highest BCUT2D eigenvalue weighted by molar-refractivity contribution is 7.13. The van der Waals surface area contributed by atoms with E-state index in [4.69, 9.17) is 0 Å². The second kappa shape index (κ2) is 7.94. The molecule has 0 aliphatic rings. The number of anilines is 2. The molecule has 3 aromatic rings. The summed E-state index contributed by atoms with van der Waals surface area (Å²) in [6, 6.07) is 14.3. The number of allylic oxidation sites excluding steroid dienone is 1. The molecule has 1 N–H and O–H groups in total. The van der Waals surface area contributed by atoms with Gasteiger partial charge in [-0.2, -0.15) is 0 Å². The molecule has 0 saturated heterocycles. The average molecular weight is 350 g/mol. The molecule has 1 aromatic carbocycles. The first kappa shape index (κ1) is 17.2. The van der Waals surface area contributed by atoms with Crippen molar-refractivity contribution in [3.8, 4) is 11.1 Å². The van der Waals surface area contributed by atoms with E-state index in [-0.39, 0.29) is 0 Å². The second-order valence-electron chi connectivity index (χ2n) is 5.80. The largest absolute Gasteiger partial charge is 0.351 e. The fraction of sp³-hybridized carbons (Fsp3) is 0.200. The van der Waals surface area contributed by atoms with E-state index in [1.807, 2.05) is 36.7 Å². The molecule has 3 rings (SSSR count). The second-order valence-corrected chi connectivity index (χ2v) is 6.64. The van der Waals surface area contributed by atoms with Gasteiger partial charge in [-0.25, -0.2) is 9.97 Å². The lowest BCUT2D eigenvalue weighted by molar-refractivity contribution is 0.956. The Morgan fingerprint density at radius 1 is 1.16 bits per heavy atom. The maximum Gasteiger partial charge on any atom is 0.185 e. The van der Waals surface area contributed by atoms with Crippen LogP contribution in [-0.2, 0) is 0 Å². The minimum Gasteiger partial charge on any atom is -0.351 e. The Morgan fingerprint density at radius 2 is 1.96 bits per heavy atom. The molecule has 0 aliphatic carbocycles. The smallest absolute Gasteiger partial charge is 0.185 e. The third-order valence-electron chi connectivity index (χ3n) is 4.00. The van der Waals surface area contributed by atoms with Crippen LogP contribution in [0.15, 0.2) is 60.2 Å². The molecule has 0 unspecified atom stereocenters. The zero-order valence-corrected chi connectivity index (χ0v) is 15.5. The van der Waals surface area contributed by atoms with E-state index in [9.17, 15) is 0 Å². The van der Waals surface area contributed by atoms with Crippen LogP contribution < -0.4 is 10.2 Å². The van der Waals surface area contributed by atoms with E-state index in [1.54, 1.807) is 11.3 Å². The van der Waals surface area contributed by atoms with Gasteiger partial charge >= 0.3 is 0 Å². The molecular formula is C20H22N4S. The van der Waals surface area contributed by atoms with E-state index < -0.39 is 0 Å². The Hall–Kier alpha value is -2.66. The van der Waals surface area contributed by atoms with Crippen LogP contribution in [0.2, 0.25) is 0 Å². The van der Waals surface area contributed by atoms with Gasteiger partial charge in [0.1, 0.15) is 5.82 Å². The van der Waals surface area contributed by atoms with Crippen LogP contribution in [-0.4, -0.2) is 23.6 Å². The van der Waals surface area contributed by atoms with Gasteiger partial charge in [-0.3, -0.25) is 0 Å². The number of benzene rings is 1. The fourth-order valence-corrected chi connectivity index (χ4v) is 3.21. The topological polar surface area (TPSA) is 41.1 Å². The number of thiazole rings is 1. The Balaban J connectivity index is 1.68. The van der Waals surface area contributed by atoms with Crippen molar-refractivity contribution in [1.29, 1.82) is 0 Å². The molecule has 0 aliphatic heterocycles. The van der Waals surface area contributed by atoms with E-state index >= 15 is 0 Å². The molecule has 2 heterocycles. The number of hydrogen-bond acceptors (Lipinski definition) is 5. The van der Waals surface area contributed by atoms with Crippen molar-refractivity contribution in [3.05, 3.63) is 65.9 Å². The highest BCUT2D eigenvalue weighted by Gasteiger charge is 2.06. The van der Waals surface area contributed by atoms with Crippen molar-refractivity contribution in [3.63, 3.8) is 0 Å². The zero-order valence-electron chi connectivity index (χ0n) is 14.7. The van der Waals surface area contributed by atoms with Gasteiger partial charge in [0.05, 0.1) is 5.69 Å². The van der Waals surface area contributed by atoms with Gasteiger partial charge in [0, 0.05) is 36.9 Å². The molecule has 25 heavy (non-hydrogen) atoms. The molecule has 0 radical (unpaired) electrons. The summed E-state index contributed by atoms with van der Waals surface area (Å²) < 4.78 is 0. The molecule has 0 bridgehead atoms. The standard InChI is InChI=1S/C20H22N4S/c1-4-24(3)20-23-18(14-25-20)15(2)12-21-19-11-10-17(13-22-19)16-8-6-5-7-9-16/h5-14H,4H2,1-3H3,(H,21,22)/b15-12+. The number of rotatable bonds is 6. The molecule has 0 amide bonds. The SMILES string of the molecule is CCN(C)c1nc(/C(C)=C/Nc2ccc(-c3ccccc3)cn2)cs1. The third kappa shape index (κ3) is 4.25. The molecule has 128 valence electrons. The summed E-state index contributed by atoms with van der Waals surface area (Å²) >= 11 is 1.66. The lowest BCUT2D eigenvalue weighted by atomic mass is 10.1. The predicted octanol–water partition coefficient (Wildman–Crippen LogP) is 5.13. The van der Waals surface area contributed by atoms with Crippen LogP contribution in [0.1, 0.15) is 19.5 Å². The Labute approximate surface area is 152 Å². The van der Waals surface area contributed by atoms with Gasteiger partial charge in [-0.05, 0) is 37.1 Å². The fourth-order valence-electron chi connectivity index (χ4n) is 2.29. The van der Waals surface area contributed by atoms with Crippen molar-refractivity contribution in [1.82, 2.24) is 9.97 Å². The van der Waals surface area contributed by atoms with Crippen LogP contribution in [0.25, 0.3) is 16.7 Å². The normalized spacial score (nSPS) is 11.4. The van der Waals surface area contributed by atoms with Crippen LogP contribution in [0.4, 0.5) is 10.9 Å². The van der Waals surface area contributed by atoms with Crippen LogP contribution in [0.5, 0.6) is 0 Å². The molecular weight excluding hydrogens is 328 g/mol. The quantitative estimate of drug-likeness (QED) is 0.669. The first-order chi connectivity index (χ1) is 12.2. The summed E-state index contributed by atoms with van der Waals surface area (Å²) in [5.74, 6) is 0.820. The van der Waals surface area contributed by atoms with Gasteiger partial charge in [-0.15, -0.1) is 11.3 Å². The summed E-state index contributed by atoms with van der Waals surface area (Å²) in [4.78, 5) is 11.3. The van der Waals surface area contributed by atoms with Gasteiger partial charge in [0.15, 0.2) is 5.13 Å². The molecule has 0 saturated carbocycles. The first-order valence-corrected chi connectivity index (χ1v) is 9.17. The summed E-state index contributed by atoms with van der Waals surface area (Å²) in [5.41, 5.74) is 4.36. The van der Waals surface area contributed by atoms with Gasteiger partial charge < -0.3 is 10.2 Å². The minimum atomic E-state index is 0.820. The number of aromatic nitrogens is 2. The lowest BCUT2D eigenvalue weighted by Crippen LogP contribution is -2.15. The third-order valence-corrected chi connectivity index (χ3v) is 4.96. The summed E-state index contributed by atoms with van der Waals surface area (Å²) in [6.07, 6.45) is 3.84. The Kier molecular flexibility index (Phi) is 5.46. The summed E-state index contributed by atoms with van der Waals surface area (Å²) in [5, 5.41) is 6.37. The number of nitrogens with one attached hydrogen (secondary N) is 1. The molecule has 0 spiro atoms. The van der Waals surface area contributed by atoms with Crippen molar-refractivity contribution >= 4 is 27.9 Å². The summed E-state index contributed by atoms with van der Waals surface area (Å²) in [6.45, 7) is 5.12. The molecule has 5 heteroatoms. The highest BCUT2D eigenvalue weighted by Crippen LogP contribution is 2.24. The monoisotopic (exact) mass is 350 g/mol. The summed E-state index contributed by atoms with van der Waals surface area (Å²) in [7, 11) is 2.05. The Morgan fingerprint density at radius 3 is 2.64 bits per heavy atom. The van der Waals surface area contributed by atoms with Crippen molar-refractivity contribution in [2.24, 2.45) is 0 Å². The van der Waals surface area contributed by atoms with E-state index in [0.717, 1.165) is 34.3 Å². The zero-order chi connectivity index (χ0) is 17.6. The highest BCUT2D eigenvalue weighted by atomic mass is 32.1. The maximum absolute atomic E-state index is 4.66. The molecule has 2 aromatic heterocycles.